The van der Waals surface area contributed by atoms with Crippen molar-refractivity contribution in [2.45, 2.75) is 44.6 Å². The highest BCUT2D eigenvalue weighted by Gasteiger charge is 2.25. The van der Waals surface area contributed by atoms with E-state index in [1.165, 1.54) is 42.2 Å². The average molecular weight is 361 g/mol. The molecule has 0 spiro atoms. The standard InChI is InChI=1S/C23H27N3O/c1-16(21-6-2-4-18-5-3-12-25-23(18)21)24-13-11-17-7-8-19(14-17)20-9-10-22(27)26-15-20/h2-6,9-10,12,15-17,19,24H,7-8,11,13-14H2,1H3,(H,26,27)/t16-,17?,19+/m1/s1. The topological polar surface area (TPSA) is 57.8 Å². The second kappa shape index (κ2) is 8.05. The van der Waals surface area contributed by atoms with Crippen LogP contribution in [0.25, 0.3) is 10.9 Å². The molecule has 1 unspecified atom stereocenters. The minimum atomic E-state index is -0.0191. The van der Waals surface area contributed by atoms with Crippen molar-refractivity contribution in [2.24, 2.45) is 5.92 Å². The number of aromatic amines is 1. The van der Waals surface area contributed by atoms with Gasteiger partial charge in [-0.25, -0.2) is 0 Å². The third-order valence-electron chi connectivity index (χ3n) is 5.95. The fraction of sp³-hybridized carbons (Fsp3) is 0.391. The molecule has 1 aromatic carbocycles. The largest absolute Gasteiger partial charge is 0.329 e. The Morgan fingerprint density at radius 1 is 1.19 bits per heavy atom. The number of para-hydroxylation sites is 1. The third kappa shape index (κ3) is 4.11. The van der Waals surface area contributed by atoms with Crippen LogP contribution in [0.15, 0.2) is 59.7 Å². The van der Waals surface area contributed by atoms with Crippen LogP contribution in [0.1, 0.15) is 55.7 Å². The SMILES string of the molecule is C[C@@H](NCCC1CC[C@H](c2ccc(=O)[nH]c2)C1)c1cccc2cccnc12. The second-order valence-corrected chi connectivity index (χ2v) is 7.75. The van der Waals surface area contributed by atoms with E-state index in [1.54, 1.807) is 6.07 Å². The summed E-state index contributed by atoms with van der Waals surface area (Å²) in [6.07, 6.45) is 8.67. The summed E-state index contributed by atoms with van der Waals surface area (Å²) >= 11 is 0. The van der Waals surface area contributed by atoms with Crippen molar-refractivity contribution in [3.63, 3.8) is 0 Å². The molecule has 2 N–H and O–H groups in total. The summed E-state index contributed by atoms with van der Waals surface area (Å²) in [5.41, 5.74) is 3.62. The Balaban J connectivity index is 1.31. The van der Waals surface area contributed by atoms with Gasteiger partial charge in [0.2, 0.25) is 5.56 Å². The van der Waals surface area contributed by atoms with E-state index in [1.807, 2.05) is 24.5 Å². The molecule has 0 saturated heterocycles. The molecule has 1 saturated carbocycles. The third-order valence-corrected chi connectivity index (χ3v) is 5.95. The van der Waals surface area contributed by atoms with Gasteiger partial charge in [-0.3, -0.25) is 9.78 Å². The van der Waals surface area contributed by atoms with Gasteiger partial charge in [-0.1, -0.05) is 30.3 Å². The first kappa shape index (κ1) is 17.9. The quantitative estimate of drug-likeness (QED) is 0.677. The fourth-order valence-corrected chi connectivity index (χ4v) is 4.41. The molecular weight excluding hydrogens is 334 g/mol. The number of hydrogen-bond donors (Lipinski definition) is 2. The summed E-state index contributed by atoms with van der Waals surface area (Å²) in [5, 5.41) is 4.89. The van der Waals surface area contributed by atoms with Gasteiger partial charge in [0, 0.05) is 29.9 Å². The van der Waals surface area contributed by atoms with Gasteiger partial charge < -0.3 is 10.3 Å². The van der Waals surface area contributed by atoms with E-state index in [0.29, 0.717) is 12.0 Å². The lowest BCUT2D eigenvalue weighted by Gasteiger charge is -2.18. The zero-order valence-corrected chi connectivity index (χ0v) is 15.8. The van der Waals surface area contributed by atoms with Gasteiger partial charge in [-0.2, -0.15) is 0 Å². The minimum absolute atomic E-state index is 0.0191. The Kier molecular flexibility index (Phi) is 5.35. The molecule has 3 atom stereocenters. The van der Waals surface area contributed by atoms with Crippen molar-refractivity contribution in [3.8, 4) is 0 Å². The Bertz CT molecular complexity index is 939. The van der Waals surface area contributed by atoms with Crippen LogP contribution in [0.4, 0.5) is 0 Å². The zero-order chi connectivity index (χ0) is 18.6. The van der Waals surface area contributed by atoms with Crippen molar-refractivity contribution in [2.75, 3.05) is 6.54 Å². The van der Waals surface area contributed by atoms with Gasteiger partial charge in [0.05, 0.1) is 5.52 Å². The van der Waals surface area contributed by atoms with E-state index in [4.69, 9.17) is 0 Å². The molecule has 2 heterocycles. The molecular formula is C23H27N3O. The number of nitrogens with one attached hydrogen (secondary N) is 2. The van der Waals surface area contributed by atoms with Gasteiger partial charge >= 0.3 is 0 Å². The lowest BCUT2D eigenvalue weighted by atomic mass is 9.96. The maximum absolute atomic E-state index is 11.2. The Labute approximate surface area is 160 Å². The number of pyridine rings is 2. The van der Waals surface area contributed by atoms with Crippen LogP contribution < -0.4 is 10.9 Å². The monoisotopic (exact) mass is 361 g/mol. The first-order valence-corrected chi connectivity index (χ1v) is 9.96. The zero-order valence-electron chi connectivity index (χ0n) is 15.8. The summed E-state index contributed by atoms with van der Waals surface area (Å²) in [7, 11) is 0. The first-order chi connectivity index (χ1) is 13.2. The van der Waals surface area contributed by atoms with Crippen LogP contribution in [0.5, 0.6) is 0 Å². The first-order valence-electron chi connectivity index (χ1n) is 9.96. The molecule has 1 aliphatic rings. The van der Waals surface area contributed by atoms with Crippen LogP contribution >= 0.6 is 0 Å². The van der Waals surface area contributed by atoms with Crippen molar-refractivity contribution in [3.05, 3.63) is 76.3 Å². The smallest absolute Gasteiger partial charge is 0.247 e. The number of nitrogens with zero attached hydrogens (tertiary/aromatic N) is 1. The van der Waals surface area contributed by atoms with Crippen LogP contribution in [0.2, 0.25) is 0 Å². The maximum Gasteiger partial charge on any atom is 0.247 e. The number of aromatic nitrogens is 2. The number of benzene rings is 1. The molecule has 0 aliphatic heterocycles. The normalized spacial score (nSPS) is 20.8. The minimum Gasteiger partial charge on any atom is -0.329 e. The van der Waals surface area contributed by atoms with Crippen molar-refractivity contribution in [1.29, 1.82) is 0 Å². The summed E-state index contributed by atoms with van der Waals surface area (Å²) in [6, 6.07) is 14.4. The molecule has 27 heavy (non-hydrogen) atoms. The average Bonchev–Trinajstić information content (AvgIpc) is 3.17. The Morgan fingerprint density at radius 3 is 2.93 bits per heavy atom. The molecule has 0 radical (unpaired) electrons. The number of hydrogen-bond acceptors (Lipinski definition) is 3. The van der Waals surface area contributed by atoms with Gasteiger partial charge in [-0.05, 0) is 68.2 Å². The molecule has 4 heteroatoms. The molecule has 2 aromatic heterocycles. The number of H-pyrrole nitrogens is 1. The predicted octanol–water partition coefficient (Wildman–Crippen LogP) is 4.55. The molecule has 1 aliphatic carbocycles. The predicted molar refractivity (Wildman–Crippen MR) is 110 cm³/mol. The fourth-order valence-electron chi connectivity index (χ4n) is 4.41. The summed E-state index contributed by atoms with van der Waals surface area (Å²) in [5.74, 6) is 1.35. The lowest BCUT2D eigenvalue weighted by molar-refractivity contribution is 0.451. The van der Waals surface area contributed by atoms with Crippen LogP contribution in [0.3, 0.4) is 0 Å². The van der Waals surface area contributed by atoms with E-state index < -0.39 is 0 Å². The molecule has 0 amide bonds. The van der Waals surface area contributed by atoms with Crippen molar-refractivity contribution in [1.82, 2.24) is 15.3 Å². The summed E-state index contributed by atoms with van der Waals surface area (Å²) in [4.78, 5) is 18.6. The van der Waals surface area contributed by atoms with E-state index in [-0.39, 0.29) is 5.56 Å². The highest BCUT2D eigenvalue weighted by molar-refractivity contribution is 5.81. The lowest BCUT2D eigenvalue weighted by Crippen LogP contribution is -2.21. The molecule has 140 valence electrons. The van der Waals surface area contributed by atoms with Gasteiger partial charge in [-0.15, -0.1) is 0 Å². The van der Waals surface area contributed by atoms with E-state index in [9.17, 15) is 4.79 Å². The second-order valence-electron chi connectivity index (χ2n) is 7.75. The molecule has 0 bridgehead atoms. The summed E-state index contributed by atoms with van der Waals surface area (Å²) < 4.78 is 0. The molecule has 4 nitrogen and oxygen atoms in total. The van der Waals surface area contributed by atoms with Gasteiger partial charge in [0.15, 0.2) is 0 Å². The van der Waals surface area contributed by atoms with E-state index in [2.05, 4.69) is 46.5 Å². The van der Waals surface area contributed by atoms with Crippen molar-refractivity contribution < 1.29 is 0 Å². The highest BCUT2D eigenvalue weighted by Crippen LogP contribution is 2.39. The molecule has 4 rings (SSSR count). The maximum atomic E-state index is 11.2. The molecule has 3 aromatic rings. The van der Waals surface area contributed by atoms with Gasteiger partial charge in [0.1, 0.15) is 0 Å². The van der Waals surface area contributed by atoms with Gasteiger partial charge in [0.25, 0.3) is 0 Å². The van der Waals surface area contributed by atoms with Crippen LogP contribution in [-0.4, -0.2) is 16.5 Å². The van der Waals surface area contributed by atoms with Crippen molar-refractivity contribution >= 4 is 10.9 Å². The Morgan fingerprint density at radius 2 is 2.07 bits per heavy atom. The van der Waals surface area contributed by atoms with E-state index >= 15 is 0 Å². The summed E-state index contributed by atoms with van der Waals surface area (Å²) in [6.45, 7) is 3.24. The number of fused-ring (bicyclic) bond motifs is 1. The number of rotatable bonds is 6. The highest BCUT2D eigenvalue weighted by atomic mass is 16.1. The Hall–Kier alpha value is -2.46. The molecule has 1 fully saturated rings. The van der Waals surface area contributed by atoms with Crippen LogP contribution in [-0.2, 0) is 0 Å². The van der Waals surface area contributed by atoms with Crippen LogP contribution in [0, 0.1) is 5.92 Å². The van der Waals surface area contributed by atoms with E-state index in [0.717, 1.165) is 18.0 Å².